The van der Waals surface area contributed by atoms with Gasteiger partial charge in [-0.2, -0.15) is 10.2 Å². The number of halogens is 1. The van der Waals surface area contributed by atoms with E-state index in [0.29, 0.717) is 23.4 Å². The number of aromatic nitrogens is 5. The maximum Gasteiger partial charge on any atom is 0.256 e. The minimum atomic E-state index is -0.290. The first kappa shape index (κ1) is 17.8. The fourth-order valence-corrected chi connectivity index (χ4v) is 3.28. The topological polar surface area (TPSA) is 77.6 Å². The molecule has 0 bridgehead atoms. The number of carbonyl (C=O) groups is 1. The number of amides is 1. The van der Waals surface area contributed by atoms with Crippen LogP contribution in [0.15, 0.2) is 42.7 Å². The van der Waals surface area contributed by atoms with Crippen LogP contribution in [0.5, 0.6) is 0 Å². The number of fused-ring (bicyclic) bond motifs is 1. The van der Waals surface area contributed by atoms with Crippen molar-refractivity contribution in [3.63, 3.8) is 0 Å². The van der Waals surface area contributed by atoms with Crippen molar-refractivity contribution in [3.05, 3.63) is 71.1 Å². The molecule has 3 heterocycles. The maximum absolute atomic E-state index is 13.3. The molecule has 7 nitrogen and oxygen atoms in total. The Morgan fingerprint density at radius 1 is 1.25 bits per heavy atom. The highest BCUT2D eigenvalue weighted by atomic mass is 19.1. The van der Waals surface area contributed by atoms with Crippen LogP contribution in [0.2, 0.25) is 0 Å². The van der Waals surface area contributed by atoms with E-state index < -0.39 is 0 Å². The first-order chi connectivity index (χ1) is 13.4. The molecular weight excluding hydrogens is 359 g/mol. The van der Waals surface area contributed by atoms with E-state index in [4.69, 9.17) is 0 Å². The lowest BCUT2D eigenvalue weighted by Crippen LogP contribution is -2.13. The summed E-state index contributed by atoms with van der Waals surface area (Å²) < 4.78 is 16.6. The Morgan fingerprint density at radius 2 is 2.07 bits per heavy atom. The summed E-state index contributed by atoms with van der Waals surface area (Å²) in [6, 6.07) is 8.09. The van der Waals surface area contributed by atoms with E-state index >= 15 is 0 Å². The van der Waals surface area contributed by atoms with Crippen molar-refractivity contribution in [2.75, 3.05) is 5.32 Å². The van der Waals surface area contributed by atoms with Gasteiger partial charge in [0.05, 0.1) is 35.1 Å². The molecule has 3 aromatic heterocycles. The lowest BCUT2D eigenvalue weighted by Gasteiger charge is -2.06. The van der Waals surface area contributed by atoms with Crippen LogP contribution in [0.25, 0.3) is 11.0 Å². The summed E-state index contributed by atoms with van der Waals surface area (Å²) in [4.78, 5) is 17.4. The Balaban J connectivity index is 1.58. The summed E-state index contributed by atoms with van der Waals surface area (Å²) in [7, 11) is 1.81. The van der Waals surface area contributed by atoms with Gasteiger partial charge >= 0.3 is 0 Å². The van der Waals surface area contributed by atoms with Crippen molar-refractivity contribution < 1.29 is 9.18 Å². The summed E-state index contributed by atoms with van der Waals surface area (Å²) in [5, 5.41) is 12.2. The number of nitrogens with zero attached hydrogens (tertiary/aromatic N) is 5. The molecule has 0 atom stereocenters. The van der Waals surface area contributed by atoms with Crippen molar-refractivity contribution in [1.29, 1.82) is 0 Å². The van der Waals surface area contributed by atoms with Crippen molar-refractivity contribution >= 4 is 22.6 Å². The number of anilines is 1. The summed E-state index contributed by atoms with van der Waals surface area (Å²) in [5.74, 6) is -0.543. The molecule has 142 valence electrons. The first-order valence-electron chi connectivity index (χ1n) is 8.80. The zero-order valence-electron chi connectivity index (χ0n) is 15.8. The van der Waals surface area contributed by atoms with Crippen LogP contribution in [0.1, 0.15) is 27.3 Å². The number of rotatable bonds is 4. The second-order valence-corrected chi connectivity index (χ2v) is 6.73. The Bertz CT molecular complexity index is 1190. The van der Waals surface area contributed by atoms with Gasteiger partial charge in [-0.15, -0.1) is 0 Å². The van der Waals surface area contributed by atoms with E-state index in [1.165, 1.54) is 12.1 Å². The third kappa shape index (κ3) is 3.36. The van der Waals surface area contributed by atoms with Gasteiger partial charge in [-0.1, -0.05) is 12.1 Å². The fraction of sp³-hybridized carbons (Fsp3) is 0.200. The molecule has 0 radical (unpaired) electrons. The zero-order chi connectivity index (χ0) is 19.8. The number of nitrogens with one attached hydrogen (secondary N) is 1. The van der Waals surface area contributed by atoms with Crippen LogP contribution in [0, 0.1) is 19.7 Å². The van der Waals surface area contributed by atoms with Crippen LogP contribution in [-0.4, -0.2) is 30.5 Å². The van der Waals surface area contributed by atoms with Gasteiger partial charge in [0.15, 0.2) is 5.65 Å². The average molecular weight is 378 g/mol. The lowest BCUT2D eigenvalue weighted by molar-refractivity contribution is 0.102. The molecular formula is C20H19FN6O. The molecule has 4 rings (SSSR count). The van der Waals surface area contributed by atoms with Crippen LogP contribution < -0.4 is 5.32 Å². The van der Waals surface area contributed by atoms with Gasteiger partial charge in [-0.25, -0.2) is 9.37 Å². The van der Waals surface area contributed by atoms with Crippen molar-refractivity contribution in [1.82, 2.24) is 24.5 Å². The summed E-state index contributed by atoms with van der Waals surface area (Å²) in [6.07, 6.45) is 3.28. The number of benzene rings is 1. The van der Waals surface area contributed by atoms with Gasteiger partial charge in [-0.3, -0.25) is 14.2 Å². The van der Waals surface area contributed by atoms with E-state index in [9.17, 15) is 9.18 Å². The minimum Gasteiger partial charge on any atom is -0.319 e. The molecule has 1 amide bonds. The molecule has 4 aromatic rings. The minimum absolute atomic E-state index is 0.253. The Hall–Kier alpha value is -3.55. The smallest absolute Gasteiger partial charge is 0.256 e. The summed E-state index contributed by atoms with van der Waals surface area (Å²) in [5.41, 5.74) is 4.03. The molecule has 0 fully saturated rings. The van der Waals surface area contributed by atoms with Crippen LogP contribution >= 0.6 is 0 Å². The third-order valence-electron chi connectivity index (χ3n) is 4.47. The Morgan fingerprint density at radius 3 is 2.86 bits per heavy atom. The normalized spacial score (nSPS) is 11.1. The largest absolute Gasteiger partial charge is 0.319 e. The predicted octanol–water partition coefficient (Wildman–Crippen LogP) is 3.22. The summed E-state index contributed by atoms with van der Waals surface area (Å²) in [6.45, 7) is 4.11. The van der Waals surface area contributed by atoms with Gasteiger partial charge < -0.3 is 5.32 Å². The van der Waals surface area contributed by atoms with Crippen molar-refractivity contribution in [2.45, 2.75) is 20.4 Å². The van der Waals surface area contributed by atoms with E-state index in [1.807, 2.05) is 19.9 Å². The monoisotopic (exact) mass is 378 g/mol. The second-order valence-electron chi connectivity index (χ2n) is 6.73. The molecule has 0 saturated carbocycles. The van der Waals surface area contributed by atoms with Crippen molar-refractivity contribution in [2.24, 2.45) is 7.05 Å². The van der Waals surface area contributed by atoms with Crippen molar-refractivity contribution in [3.8, 4) is 0 Å². The Kier molecular flexibility index (Phi) is 4.38. The molecule has 0 aliphatic carbocycles. The quantitative estimate of drug-likeness (QED) is 0.591. The van der Waals surface area contributed by atoms with Gasteiger partial charge in [0.2, 0.25) is 0 Å². The number of pyridine rings is 1. The number of hydrogen-bond donors (Lipinski definition) is 1. The second kappa shape index (κ2) is 6.88. The molecule has 0 saturated heterocycles. The third-order valence-corrected chi connectivity index (χ3v) is 4.47. The molecule has 0 spiro atoms. The maximum atomic E-state index is 13.3. The highest BCUT2D eigenvalue weighted by Gasteiger charge is 2.18. The number of aryl methyl sites for hydroxylation is 3. The molecule has 1 N–H and O–H groups in total. The molecule has 0 unspecified atom stereocenters. The summed E-state index contributed by atoms with van der Waals surface area (Å²) >= 11 is 0. The number of hydrogen-bond acceptors (Lipinski definition) is 4. The van der Waals surface area contributed by atoms with Gasteiger partial charge in [0, 0.05) is 18.9 Å². The highest BCUT2D eigenvalue weighted by molar-refractivity contribution is 6.12. The van der Waals surface area contributed by atoms with E-state index in [0.717, 1.165) is 22.3 Å². The van der Waals surface area contributed by atoms with Gasteiger partial charge in [-0.05, 0) is 37.6 Å². The van der Waals surface area contributed by atoms with Crippen LogP contribution in [0.4, 0.5) is 10.1 Å². The first-order valence-corrected chi connectivity index (χ1v) is 8.80. The fourth-order valence-electron chi connectivity index (χ4n) is 3.28. The molecule has 8 heteroatoms. The zero-order valence-corrected chi connectivity index (χ0v) is 15.8. The van der Waals surface area contributed by atoms with E-state index in [1.54, 1.807) is 40.9 Å². The van der Waals surface area contributed by atoms with Gasteiger partial charge in [0.25, 0.3) is 5.91 Å². The number of carbonyl (C=O) groups excluding carboxylic acids is 1. The van der Waals surface area contributed by atoms with E-state index in [2.05, 4.69) is 20.5 Å². The molecule has 1 aromatic carbocycles. The predicted molar refractivity (Wildman–Crippen MR) is 104 cm³/mol. The standard InChI is InChI=1S/C20H19FN6O/c1-12-7-17(18-13(2)25-26(3)19(18)23-12)20(28)24-16-9-22-27(11-16)10-14-5-4-6-15(21)8-14/h4-9,11H,10H2,1-3H3,(H,24,28). The van der Waals surface area contributed by atoms with Gasteiger partial charge in [0.1, 0.15) is 5.82 Å². The molecule has 0 aliphatic heterocycles. The highest BCUT2D eigenvalue weighted by Crippen LogP contribution is 2.22. The molecule has 0 aliphatic rings. The van der Waals surface area contributed by atoms with E-state index in [-0.39, 0.29) is 11.7 Å². The Labute approximate surface area is 160 Å². The van der Waals surface area contributed by atoms with Crippen LogP contribution in [-0.2, 0) is 13.6 Å². The molecule has 28 heavy (non-hydrogen) atoms. The SMILES string of the molecule is Cc1cc(C(=O)Nc2cnn(Cc3cccc(F)c3)c2)c2c(C)nn(C)c2n1. The van der Waals surface area contributed by atoms with Crippen LogP contribution in [0.3, 0.4) is 0 Å². The average Bonchev–Trinajstić information content (AvgIpc) is 3.18. The lowest BCUT2D eigenvalue weighted by atomic mass is 10.1.